The lowest BCUT2D eigenvalue weighted by molar-refractivity contribution is 0.390. The van der Waals surface area contributed by atoms with Crippen LogP contribution in [0.4, 0.5) is 4.39 Å². The maximum Gasteiger partial charge on any atom is 0.164 e. The van der Waals surface area contributed by atoms with Crippen molar-refractivity contribution in [3.8, 4) is 11.4 Å². The summed E-state index contributed by atoms with van der Waals surface area (Å²) in [5.41, 5.74) is 1.61. The maximum atomic E-state index is 13.5. The van der Waals surface area contributed by atoms with Gasteiger partial charge in [-0.05, 0) is 45.4 Å². The summed E-state index contributed by atoms with van der Waals surface area (Å²) in [4.78, 5) is 0. The molecule has 0 bridgehead atoms. The molecule has 0 saturated carbocycles. The number of alkyl halides is 1. The van der Waals surface area contributed by atoms with Crippen molar-refractivity contribution in [3.63, 3.8) is 0 Å². The summed E-state index contributed by atoms with van der Waals surface area (Å²) in [6, 6.07) is 4.74. The molecule has 0 radical (unpaired) electrons. The third-order valence-electron chi connectivity index (χ3n) is 2.96. The van der Waals surface area contributed by atoms with E-state index in [-0.39, 0.29) is 11.4 Å². The Kier molecular flexibility index (Phi) is 3.76. The highest BCUT2D eigenvalue weighted by molar-refractivity contribution is 9.08. The van der Waals surface area contributed by atoms with E-state index in [0.29, 0.717) is 11.2 Å². The van der Waals surface area contributed by atoms with Crippen molar-refractivity contribution in [1.29, 1.82) is 0 Å². The largest absolute Gasteiger partial charge is 0.305 e. The monoisotopic (exact) mass is 325 g/mol. The van der Waals surface area contributed by atoms with Crippen LogP contribution in [0.1, 0.15) is 32.2 Å². The molecule has 0 aliphatic heterocycles. The van der Waals surface area contributed by atoms with E-state index >= 15 is 0 Å². The smallest absolute Gasteiger partial charge is 0.164 e. The second-order valence-electron chi connectivity index (χ2n) is 5.54. The van der Waals surface area contributed by atoms with Crippen LogP contribution < -0.4 is 0 Å². The van der Waals surface area contributed by atoms with Crippen LogP contribution in [-0.4, -0.2) is 14.8 Å². The van der Waals surface area contributed by atoms with Gasteiger partial charge in [0.15, 0.2) is 5.82 Å². The van der Waals surface area contributed by atoms with Gasteiger partial charge in [0.05, 0.1) is 5.33 Å². The molecule has 1 aromatic heterocycles. The van der Waals surface area contributed by atoms with Gasteiger partial charge in [0, 0.05) is 11.1 Å². The third-order valence-corrected chi connectivity index (χ3v) is 3.46. The molecule has 102 valence electrons. The summed E-state index contributed by atoms with van der Waals surface area (Å²) < 4.78 is 15.5. The van der Waals surface area contributed by atoms with E-state index < -0.39 is 0 Å². The van der Waals surface area contributed by atoms with Gasteiger partial charge in [0.2, 0.25) is 0 Å². The predicted molar refractivity (Wildman–Crippen MR) is 77.8 cm³/mol. The highest BCUT2D eigenvalue weighted by Gasteiger charge is 2.24. The van der Waals surface area contributed by atoms with Crippen molar-refractivity contribution in [2.75, 3.05) is 0 Å². The lowest BCUT2D eigenvalue weighted by Crippen LogP contribution is -2.25. The van der Waals surface area contributed by atoms with E-state index in [0.717, 1.165) is 17.0 Å². The van der Waals surface area contributed by atoms with E-state index in [1.807, 2.05) is 11.5 Å². The molecule has 0 aliphatic rings. The lowest BCUT2D eigenvalue weighted by atomic mass is 10.0. The molecule has 0 saturated heterocycles. The van der Waals surface area contributed by atoms with E-state index in [1.54, 1.807) is 6.07 Å². The summed E-state index contributed by atoms with van der Waals surface area (Å²) in [6.45, 7) is 8.20. The minimum atomic E-state index is -0.260. The van der Waals surface area contributed by atoms with E-state index in [4.69, 9.17) is 0 Å². The number of nitrogens with zero attached hydrogens (tertiary/aromatic N) is 3. The van der Waals surface area contributed by atoms with E-state index in [1.165, 1.54) is 12.1 Å². The number of aryl methyl sites for hydroxylation is 1. The lowest BCUT2D eigenvalue weighted by Gasteiger charge is -2.25. The number of halogens is 2. The Morgan fingerprint density at radius 1 is 1.26 bits per heavy atom. The summed E-state index contributed by atoms with van der Waals surface area (Å²) in [7, 11) is 0. The van der Waals surface area contributed by atoms with Gasteiger partial charge in [-0.15, -0.1) is 10.2 Å². The van der Waals surface area contributed by atoms with Gasteiger partial charge in [-0.2, -0.15) is 0 Å². The normalized spacial score (nSPS) is 11.9. The van der Waals surface area contributed by atoms with Crippen LogP contribution in [0.2, 0.25) is 0 Å². The zero-order valence-corrected chi connectivity index (χ0v) is 13.1. The molecule has 3 nitrogen and oxygen atoms in total. The minimum Gasteiger partial charge on any atom is -0.305 e. The molecule has 0 N–H and O–H groups in total. The second kappa shape index (κ2) is 5.04. The fraction of sp³-hybridized carbons (Fsp3) is 0.429. The van der Waals surface area contributed by atoms with Crippen molar-refractivity contribution in [2.45, 2.75) is 38.6 Å². The first-order valence-corrected chi connectivity index (χ1v) is 7.24. The number of rotatable bonds is 2. The molecular weight excluding hydrogens is 309 g/mol. The number of aromatic nitrogens is 3. The van der Waals surface area contributed by atoms with Crippen LogP contribution in [0.5, 0.6) is 0 Å². The summed E-state index contributed by atoms with van der Waals surface area (Å²) in [6.07, 6.45) is 0. The Bertz CT molecular complexity index is 599. The Morgan fingerprint density at radius 2 is 1.95 bits per heavy atom. The number of hydrogen-bond donors (Lipinski definition) is 0. The molecule has 0 spiro atoms. The first kappa shape index (κ1) is 14.2. The molecule has 2 rings (SSSR count). The van der Waals surface area contributed by atoms with Crippen LogP contribution in [-0.2, 0) is 10.9 Å². The second-order valence-corrected chi connectivity index (χ2v) is 6.10. The van der Waals surface area contributed by atoms with Gasteiger partial charge in [0.1, 0.15) is 11.6 Å². The fourth-order valence-corrected chi connectivity index (χ4v) is 2.48. The van der Waals surface area contributed by atoms with Crippen molar-refractivity contribution in [2.24, 2.45) is 0 Å². The van der Waals surface area contributed by atoms with Crippen LogP contribution >= 0.6 is 15.9 Å². The molecule has 1 aromatic carbocycles. The average molecular weight is 326 g/mol. The highest BCUT2D eigenvalue weighted by Crippen LogP contribution is 2.29. The molecule has 19 heavy (non-hydrogen) atoms. The van der Waals surface area contributed by atoms with E-state index in [9.17, 15) is 4.39 Å². The van der Waals surface area contributed by atoms with Gasteiger partial charge in [-0.25, -0.2) is 4.39 Å². The Morgan fingerprint density at radius 3 is 2.53 bits per heavy atom. The number of benzene rings is 1. The van der Waals surface area contributed by atoms with Crippen LogP contribution in [0.25, 0.3) is 11.4 Å². The summed E-state index contributed by atoms with van der Waals surface area (Å²) in [5.74, 6) is 1.29. The maximum absolute atomic E-state index is 13.5. The van der Waals surface area contributed by atoms with Crippen molar-refractivity contribution < 1.29 is 4.39 Å². The Labute approximate surface area is 121 Å². The molecule has 0 fully saturated rings. The van der Waals surface area contributed by atoms with Crippen molar-refractivity contribution in [3.05, 3.63) is 35.4 Å². The van der Waals surface area contributed by atoms with Crippen LogP contribution in [0, 0.1) is 12.7 Å². The molecule has 0 amide bonds. The molecule has 0 aliphatic carbocycles. The number of hydrogen-bond acceptors (Lipinski definition) is 2. The fourth-order valence-electron chi connectivity index (χ4n) is 2.12. The summed E-state index contributed by atoms with van der Waals surface area (Å²) >= 11 is 3.42. The van der Waals surface area contributed by atoms with Gasteiger partial charge in [-0.1, -0.05) is 22.0 Å². The third kappa shape index (κ3) is 2.71. The van der Waals surface area contributed by atoms with Crippen LogP contribution in [0.3, 0.4) is 0 Å². The summed E-state index contributed by atoms with van der Waals surface area (Å²) in [5, 5.41) is 9.05. The Hall–Kier alpha value is -1.23. The predicted octanol–water partition coefficient (Wildman–Crippen LogP) is 4.04. The van der Waals surface area contributed by atoms with Gasteiger partial charge >= 0.3 is 0 Å². The zero-order valence-electron chi connectivity index (χ0n) is 11.5. The minimum absolute atomic E-state index is 0.166. The van der Waals surface area contributed by atoms with Crippen molar-refractivity contribution >= 4 is 15.9 Å². The molecule has 2 aromatic rings. The SMILES string of the molecule is Cc1ccc(F)cc1-c1nnc(CBr)n1C(C)(C)C. The average Bonchev–Trinajstić information content (AvgIpc) is 2.75. The topological polar surface area (TPSA) is 30.7 Å². The molecule has 1 heterocycles. The molecule has 0 atom stereocenters. The highest BCUT2D eigenvalue weighted by atomic mass is 79.9. The zero-order chi connectivity index (χ0) is 14.2. The molecule has 0 unspecified atom stereocenters. The van der Waals surface area contributed by atoms with Crippen LogP contribution in [0.15, 0.2) is 18.2 Å². The van der Waals surface area contributed by atoms with Crippen molar-refractivity contribution in [1.82, 2.24) is 14.8 Å². The quantitative estimate of drug-likeness (QED) is 0.780. The molecular formula is C14H17BrFN3. The van der Waals surface area contributed by atoms with Gasteiger partial charge in [0.25, 0.3) is 0 Å². The molecule has 5 heteroatoms. The van der Waals surface area contributed by atoms with Gasteiger partial charge in [-0.3, -0.25) is 0 Å². The standard InChI is InChI=1S/C14H17BrFN3/c1-9-5-6-10(16)7-11(9)13-18-17-12(8-15)19(13)14(2,3)4/h5-7H,8H2,1-4H3. The van der Waals surface area contributed by atoms with Gasteiger partial charge < -0.3 is 4.57 Å². The first-order chi connectivity index (χ1) is 8.84. The van der Waals surface area contributed by atoms with E-state index in [2.05, 4.69) is 46.9 Å². The Balaban J connectivity index is 2.69. The first-order valence-electron chi connectivity index (χ1n) is 6.12.